The van der Waals surface area contributed by atoms with Crippen molar-refractivity contribution < 1.29 is 22.6 Å². The summed E-state index contributed by atoms with van der Waals surface area (Å²) >= 11 is 3.27. The fraction of sp³-hybridized carbons (Fsp3) is 0.571. The maximum Gasteiger partial charge on any atom is 0.573 e. The molecule has 20 heavy (non-hydrogen) atoms. The Hall–Kier alpha value is -0.910. The summed E-state index contributed by atoms with van der Waals surface area (Å²) in [6.45, 7) is 0.536. The molecule has 1 saturated carbocycles. The number of ether oxygens (including phenoxy) is 2. The predicted octanol–water partition coefficient (Wildman–Crippen LogP) is 5.31. The molecule has 1 fully saturated rings. The van der Waals surface area contributed by atoms with Crippen LogP contribution in [0.4, 0.5) is 13.2 Å². The van der Waals surface area contributed by atoms with Crippen LogP contribution in [0.5, 0.6) is 11.5 Å². The second kappa shape index (κ2) is 6.70. The summed E-state index contributed by atoms with van der Waals surface area (Å²) < 4.78 is 46.7. The van der Waals surface area contributed by atoms with Gasteiger partial charge < -0.3 is 9.47 Å². The lowest BCUT2D eigenvalue weighted by atomic mass is 9.90. The summed E-state index contributed by atoms with van der Waals surface area (Å²) in [7, 11) is 0. The molecule has 1 aliphatic rings. The zero-order valence-corrected chi connectivity index (χ0v) is 12.5. The van der Waals surface area contributed by atoms with Crippen LogP contribution in [0.2, 0.25) is 0 Å². The Bertz CT molecular complexity index is 443. The molecule has 0 N–H and O–H groups in total. The first-order chi connectivity index (χ1) is 9.44. The van der Waals surface area contributed by atoms with E-state index in [-0.39, 0.29) is 5.75 Å². The number of rotatable bonds is 4. The van der Waals surface area contributed by atoms with Gasteiger partial charge >= 0.3 is 6.36 Å². The SMILES string of the molecule is FC(F)(F)Oc1ccc(Br)c(OCC2CCCCC2)c1. The van der Waals surface area contributed by atoms with Crippen molar-refractivity contribution >= 4 is 15.9 Å². The molecule has 0 amide bonds. The van der Waals surface area contributed by atoms with Crippen LogP contribution in [-0.4, -0.2) is 13.0 Å². The van der Waals surface area contributed by atoms with Gasteiger partial charge in [-0.15, -0.1) is 13.2 Å². The highest BCUT2D eigenvalue weighted by molar-refractivity contribution is 9.10. The van der Waals surface area contributed by atoms with Crippen molar-refractivity contribution in [3.8, 4) is 11.5 Å². The zero-order chi connectivity index (χ0) is 14.6. The first-order valence-electron chi connectivity index (χ1n) is 6.62. The van der Waals surface area contributed by atoms with Gasteiger partial charge in [0, 0.05) is 6.07 Å². The lowest BCUT2D eigenvalue weighted by Crippen LogP contribution is -2.17. The summed E-state index contributed by atoms with van der Waals surface area (Å²) in [4.78, 5) is 0. The molecule has 112 valence electrons. The average Bonchev–Trinajstić information content (AvgIpc) is 2.39. The minimum absolute atomic E-state index is 0.264. The Labute approximate surface area is 124 Å². The molecular formula is C14H16BrF3O2. The molecule has 2 rings (SSSR count). The summed E-state index contributed by atoms with van der Waals surface area (Å²) in [5.41, 5.74) is 0. The molecule has 1 aromatic rings. The standard InChI is InChI=1S/C14H16BrF3O2/c15-12-7-6-11(20-14(16,17)18)8-13(12)19-9-10-4-2-1-3-5-10/h6-8,10H,1-5,9H2. The topological polar surface area (TPSA) is 18.5 Å². The highest BCUT2D eigenvalue weighted by atomic mass is 79.9. The zero-order valence-electron chi connectivity index (χ0n) is 10.9. The van der Waals surface area contributed by atoms with E-state index in [1.807, 2.05) is 0 Å². The summed E-state index contributed by atoms with van der Waals surface area (Å²) in [5.74, 6) is 0.611. The first kappa shape index (κ1) is 15.5. The largest absolute Gasteiger partial charge is 0.573 e. The van der Waals surface area contributed by atoms with Crippen molar-refractivity contribution in [2.75, 3.05) is 6.61 Å². The fourth-order valence-corrected chi connectivity index (χ4v) is 2.71. The van der Waals surface area contributed by atoms with Gasteiger partial charge in [-0.1, -0.05) is 19.3 Å². The molecule has 2 nitrogen and oxygen atoms in total. The quantitative estimate of drug-likeness (QED) is 0.731. The predicted molar refractivity (Wildman–Crippen MR) is 72.9 cm³/mol. The van der Waals surface area contributed by atoms with E-state index >= 15 is 0 Å². The molecular weight excluding hydrogens is 337 g/mol. The number of halogens is 4. The van der Waals surface area contributed by atoms with Gasteiger partial charge in [0.25, 0.3) is 0 Å². The third kappa shape index (κ3) is 4.89. The Morgan fingerprint density at radius 3 is 2.50 bits per heavy atom. The fourth-order valence-electron chi connectivity index (χ4n) is 2.35. The van der Waals surface area contributed by atoms with Crippen molar-refractivity contribution in [1.29, 1.82) is 0 Å². The van der Waals surface area contributed by atoms with Crippen LogP contribution >= 0.6 is 15.9 Å². The number of hydrogen-bond donors (Lipinski definition) is 0. The molecule has 1 aromatic carbocycles. The van der Waals surface area contributed by atoms with Gasteiger partial charge in [0.15, 0.2) is 0 Å². The highest BCUT2D eigenvalue weighted by Gasteiger charge is 2.31. The molecule has 0 heterocycles. The lowest BCUT2D eigenvalue weighted by molar-refractivity contribution is -0.274. The van der Waals surface area contributed by atoms with E-state index in [9.17, 15) is 13.2 Å². The highest BCUT2D eigenvalue weighted by Crippen LogP contribution is 2.33. The number of hydrogen-bond acceptors (Lipinski definition) is 2. The van der Waals surface area contributed by atoms with Crippen molar-refractivity contribution in [2.24, 2.45) is 5.92 Å². The van der Waals surface area contributed by atoms with E-state index in [0.29, 0.717) is 22.7 Å². The Morgan fingerprint density at radius 1 is 1.15 bits per heavy atom. The van der Waals surface area contributed by atoms with Gasteiger partial charge in [-0.2, -0.15) is 0 Å². The average molecular weight is 353 g/mol. The molecule has 1 aliphatic carbocycles. The van der Waals surface area contributed by atoms with Crippen molar-refractivity contribution in [2.45, 2.75) is 38.5 Å². The van der Waals surface area contributed by atoms with E-state index in [4.69, 9.17) is 4.74 Å². The van der Waals surface area contributed by atoms with Gasteiger partial charge in [-0.05, 0) is 46.8 Å². The van der Waals surface area contributed by atoms with Crippen LogP contribution in [0.3, 0.4) is 0 Å². The number of alkyl halides is 3. The second-order valence-electron chi connectivity index (χ2n) is 4.96. The van der Waals surface area contributed by atoms with E-state index < -0.39 is 6.36 Å². The van der Waals surface area contributed by atoms with Crippen molar-refractivity contribution in [1.82, 2.24) is 0 Å². The Morgan fingerprint density at radius 2 is 1.85 bits per heavy atom. The third-order valence-corrected chi connectivity index (χ3v) is 3.99. The molecule has 0 aromatic heterocycles. The van der Waals surface area contributed by atoms with Crippen LogP contribution in [0.15, 0.2) is 22.7 Å². The normalized spacial score (nSPS) is 17.0. The van der Waals surface area contributed by atoms with Crippen LogP contribution in [-0.2, 0) is 0 Å². The van der Waals surface area contributed by atoms with Crippen LogP contribution in [0.25, 0.3) is 0 Å². The number of benzene rings is 1. The van der Waals surface area contributed by atoms with Gasteiger partial charge in [-0.3, -0.25) is 0 Å². The second-order valence-corrected chi connectivity index (χ2v) is 5.81. The van der Waals surface area contributed by atoms with Gasteiger partial charge in [0.1, 0.15) is 11.5 Å². The molecule has 0 bridgehead atoms. The molecule has 0 radical (unpaired) electrons. The minimum Gasteiger partial charge on any atom is -0.492 e. The maximum atomic E-state index is 12.2. The van der Waals surface area contributed by atoms with Gasteiger partial charge in [-0.25, -0.2) is 0 Å². The third-order valence-electron chi connectivity index (χ3n) is 3.34. The summed E-state index contributed by atoms with van der Waals surface area (Å²) in [5, 5.41) is 0. The Kier molecular flexibility index (Phi) is 5.18. The lowest BCUT2D eigenvalue weighted by Gasteiger charge is -2.22. The minimum atomic E-state index is -4.69. The van der Waals surface area contributed by atoms with E-state index in [1.165, 1.54) is 37.5 Å². The van der Waals surface area contributed by atoms with Crippen molar-refractivity contribution in [3.05, 3.63) is 22.7 Å². The van der Waals surface area contributed by atoms with E-state index in [1.54, 1.807) is 0 Å². The molecule has 6 heteroatoms. The first-order valence-corrected chi connectivity index (χ1v) is 7.41. The van der Waals surface area contributed by atoms with Crippen LogP contribution in [0.1, 0.15) is 32.1 Å². The van der Waals surface area contributed by atoms with Crippen LogP contribution < -0.4 is 9.47 Å². The van der Waals surface area contributed by atoms with Gasteiger partial charge in [0.2, 0.25) is 0 Å². The Balaban J connectivity index is 1.97. The molecule has 0 atom stereocenters. The summed E-state index contributed by atoms with van der Waals surface area (Å²) in [6.07, 6.45) is 1.22. The van der Waals surface area contributed by atoms with Crippen molar-refractivity contribution in [3.63, 3.8) is 0 Å². The van der Waals surface area contributed by atoms with Crippen LogP contribution in [0, 0.1) is 5.92 Å². The van der Waals surface area contributed by atoms with Gasteiger partial charge in [0.05, 0.1) is 11.1 Å². The van der Waals surface area contributed by atoms with E-state index in [0.717, 1.165) is 12.8 Å². The molecule has 0 unspecified atom stereocenters. The smallest absolute Gasteiger partial charge is 0.492 e. The van der Waals surface area contributed by atoms with E-state index in [2.05, 4.69) is 20.7 Å². The molecule has 0 spiro atoms. The monoisotopic (exact) mass is 352 g/mol. The molecule has 0 saturated heterocycles. The maximum absolute atomic E-state index is 12.2. The summed E-state index contributed by atoms with van der Waals surface area (Å²) in [6, 6.07) is 4.02. The molecule has 0 aliphatic heterocycles.